The van der Waals surface area contributed by atoms with Gasteiger partial charge in [-0.1, -0.05) is 11.3 Å². The number of hydrogen-bond acceptors (Lipinski definition) is 7. The fourth-order valence-corrected chi connectivity index (χ4v) is 3.28. The number of fused-ring (bicyclic) bond motifs is 1. The van der Waals surface area contributed by atoms with E-state index in [2.05, 4.69) is 15.1 Å². The zero-order valence-corrected chi connectivity index (χ0v) is 14.4. The van der Waals surface area contributed by atoms with E-state index >= 15 is 0 Å². The Morgan fingerprint density at radius 3 is 2.80 bits per heavy atom. The normalized spacial score (nSPS) is 11.7. The zero-order valence-electron chi connectivity index (χ0n) is 13.6. The van der Waals surface area contributed by atoms with Gasteiger partial charge >= 0.3 is 5.97 Å². The summed E-state index contributed by atoms with van der Waals surface area (Å²) < 4.78 is 13.8. The summed E-state index contributed by atoms with van der Waals surface area (Å²) in [5.41, 5.74) is 0.767. The lowest BCUT2D eigenvalue weighted by molar-refractivity contribution is -0.141. The molecule has 3 rings (SSSR count). The fraction of sp³-hybridized carbons (Fsp3) is 0.267. The molecule has 2 heterocycles. The number of amides is 1. The molecule has 2 aromatic heterocycles. The van der Waals surface area contributed by atoms with Gasteiger partial charge in [-0.2, -0.15) is 10.1 Å². The Morgan fingerprint density at radius 1 is 1.28 bits per heavy atom. The van der Waals surface area contributed by atoms with Gasteiger partial charge < -0.3 is 14.0 Å². The molecule has 0 atom stereocenters. The van der Waals surface area contributed by atoms with Crippen molar-refractivity contribution in [1.82, 2.24) is 19.3 Å². The van der Waals surface area contributed by atoms with Crippen LogP contribution in [-0.4, -0.2) is 45.4 Å². The Bertz CT molecular complexity index is 974. The number of aromatic nitrogens is 4. The Labute approximate surface area is 146 Å². The lowest BCUT2D eigenvalue weighted by Gasteiger charge is -2.04. The van der Waals surface area contributed by atoms with E-state index < -0.39 is 11.9 Å². The summed E-state index contributed by atoms with van der Waals surface area (Å²) in [5, 5.41) is 3.88. The maximum Gasteiger partial charge on any atom is 0.325 e. The molecule has 1 aromatic carbocycles. The first-order valence-corrected chi connectivity index (χ1v) is 8.06. The summed E-state index contributed by atoms with van der Waals surface area (Å²) in [4.78, 5) is 32.2. The number of esters is 1. The topological polar surface area (TPSA) is 101 Å². The van der Waals surface area contributed by atoms with E-state index in [0.29, 0.717) is 10.6 Å². The minimum atomic E-state index is -0.430. The van der Waals surface area contributed by atoms with Gasteiger partial charge in [0.15, 0.2) is 4.80 Å². The Morgan fingerprint density at radius 2 is 2.12 bits per heavy atom. The minimum absolute atomic E-state index is 0.0320. The molecule has 9 nitrogen and oxygen atoms in total. The van der Waals surface area contributed by atoms with Crippen LogP contribution >= 0.6 is 11.3 Å². The molecule has 3 aromatic rings. The second-order valence-corrected chi connectivity index (χ2v) is 5.99. The van der Waals surface area contributed by atoms with Gasteiger partial charge in [-0.15, -0.1) is 0 Å². The van der Waals surface area contributed by atoms with Gasteiger partial charge in [0.1, 0.15) is 31.5 Å². The molecule has 0 saturated heterocycles. The number of methoxy groups -OCH3 is 2. The maximum absolute atomic E-state index is 12.2. The quantitative estimate of drug-likeness (QED) is 0.617. The van der Waals surface area contributed by atoms with E-state index in [1.54, 1.807) is 17.7 Å². The molecule has 0 aliphatic carbocycles. The van der Waals surface area contributed by atoms with Crippen molar-refractivity contribution in [1.29, 1.82) is 0 Å². The van der Waals surface area contributed by atoms with Crippen LogP contribution in [0, 0.1) is 0 Å². The number of thiazole rings is 1. The van der Waals surface area contributed by atoms with E-state index in [9.17, 15) is 9.59 Å². The molecule has 130 valence electrons. The van der Waals surface area contributed by atoms with Crippen molar-refractivity contribution in [2.45, 2.75) is 13.1 Å². The first-order chi connectivity index (χ1) is 12.1. The third-order valence-corrected chi connectivity index (χ3v) is 4.43. The highest BCUT2D eigenvalue weighted by atomic mass is 32.1. The Hall–Kier alpha value is -3.01. The SMILES string of the molecule is COC(=O)Cn1c(=NC(=O)Cn2cncn2)sc2cc(OC)ccc21. The van der Waals surface area contributed by atoms with Gasteiger partial charge in [0.25, 0.3) is 5.91 Å². The molecule has 0 radical (unpaired) electrons. The van der Waals surface area contributed by atoms with Crippen molar-refractivity contribution < 1.29 is 19.1 Å². The van der Waals surface area contributed by atoms with Gasteiger partial charge in [-0.05, 0) is 18.2 Å². The molecule has 0 N–H and O–H groups in total. The molecule has 0 bridgehead atoms. The molecule has 25 heavy (non-hydrogen) atoms. The molecule has 0 unspecified atom stereocenters. The first-order valence-electron chi connectivity index (χ1n) is 7.25. The van der Waals surface area contributed by atoms with Gasteiger partial charge in [0.2, 0.25) is 0 Å². The number of nitrogens with zero attached hydrogens (tertiary/aromatic N) is 5. The predicted octanol–water partition coefficient (Wildman–Crippen LogP) is 0.603. The molecule has 0 fully saturated rings. The standard InChI is InChI=1S/C15H15N5O4S/c1-23-10-3-4-11-12(5-10)25-15(20(11)7-14(22)24-2)18-13(21)6-19-9-16-8-17-19/h3-5,8-9H,6-7H2,1-2H3. The van der Waals surface area contributed by atoms with Crippen LogP contribution in [0.25, 0.3) is 10.2 Å². The average molecular weight is 361 g/mol. The lowest BCUT2D eigenvalue weighted by Crippen LogP contribution is -2.23. The lowest BCUT2D eigenvalue weighted by atomic mass is 10.3. The second kappa shape index (κ2) is 7.26. The maximum atomic E-state index is 12.2. The molecule has 0 aliphatic rings. The van der Waals surface area contributed by atoms with Crippen LogP contribution in [0.2, 0.25) is 0 Å². The van der Waals surface area contributed by atoms with Gasteiger partial charge in [0.05, 0.1) is 24.4 Å². The molecule has 0 spiro atoms. The van der Waals surface area contributed by atoms with Crippen LogP contribution in [0.15, 0.2) is 35.8 Å². The van der Waals surface area contributed by atoms with Gasteiger partial charge in [-0.3, -0.25) is 9.59 Å². The van der Waals surface area contributed by atoms with E-state index in [0.717, 1.165) is 10.2 Å². The van der Waals surface area contributed by atoms with Crippen LogP contribution in [0.4, 0.5) is 0 Å². The number of rotatable bonds is 5. The minimum Gasteiger partial charge on any atom is -0.497 e. The number of hydrogen-bond donors (Lipinski definition) is 0. The van der Waals surface area contributed by atoms with Crippen molar-refractivity contribution in [3.05, 3.63) is 35.7 Å². The smallest absolute Gasteiger partial charge is 0.325 e. The molecule has 10 heteroatoms. The van der Waals surface area contributed by atoms with E-state index in [-0.39, 0.29) is 13.1 Å². The number of carbonyl (C=O) groups is 2. The van der Waals surface area contributed by atoms with Gasteiger partial charge in [-0.25, -0.2) is 9.67 Å². The number of carbonyl (C=O) groups excluding carboxylic acids is 2. The van der Waals surface area contributed by atoms with Crippen molar-refractivity contribution in [2.24, 2.45) is 4.99 Å². The number of benzene rings is 1. The molecule has 1 amide bonds. The average Bonchev–Trinajstić information content (AvgIpc) is 3.22. The van der Waals surface area contributed by atoms with Crippen LogP contribution < -0.4 is 9.54 Å². The highest BCUT2D eigenvalue weighted by Crippen LogP contribution is 2.23. The van der Waals surface area contributed by atoms with Crippen LogP contribution in [-0.2, 0) is 27.4 Å². The van der Waals surface area contributed by atoms with Crippen LogP contribution in [0.1, 0.15) is 0 Å². The van der Waals surface area contributed by atoms with Crippen molar-refractivity contribution in [3.63, 3.8) is 0 Å². The predicted molar refractivity (Wildman–Crippen MR) is 89.0 cm³/mol. The van der Waals surface area contributed by atoms with Crippen LogP contribution in [0.5, 0.6) is 5.75 Å². The summed E-state index contributed by atoms with van der Waals surface area (Å²) in [6, 6.07) is 5.42. The van der Waals surface area contributed by atoms with E-state index in [1.165, 1.54) is 35.8 Å². The monoisotopic (exact) mass is 361 g/mol. The van der Waals surface area contributed by atoms with Crippen LogP contribution in [0.3, 0.4) is 0 Å². The van der Waals surface area contributed by atoms with E-state index in [4.69, 9.17) is 9.47 Å². The Balaban J connectivity index is 2.04. The Kier molecular flexibility index (Phi) is 4.89. The molecule has 0 saturated carbocycles. The summed E-state index contributed by atoms with van der Waals surface area (Å²) >= 11 is 1.29. The summed E-state index contributed by atoms with van der Waals surface area (Å²) in [6.07, 6.45) is 2.78. The fourth-order valence-electron chi connectivity index (χ4n) is 2.21. The first kappa shape index (κ1) is 16.8. The van der Waals surface area contributed by atoms with Crippen molar-refractivity contribution in [3.8, 4) is 5.75 Å². The third-order valence-electron chi connectivity index (χ3n) is 3.39. The second-order valence-electron chi connectivity index (χ2n) is 4.98. The third kappa shape index (κ3) is 3.74. The molecule has 0 aliphatic heterocycles. The van der Waals surface area contributed by atoms with Crippen molar-refractivity contribution >= 4 is 33.4 Å². The highest BCUT2D eigenvalue weighted by Gasteiger charge is 2.12. The molecular weight excluding hydrogens is 346 g/mol. The number of ether oxygens (including phenoxy) is 2. The molecular formula is C15H15N5O4S. The summed E-state index contributed by atoms with van der Waals surface area (Å²) in [7, 11) is 2.89. The van der Waals surface area contributed by atoms with E-state index in [1.807, 2.05) is 12.1 Å². The zero-order chi connectivity index (χ0) is 17.8. The highest BCUT2D eigenvalue weighted by molar-refractivity contribution is 7.16. The summed E-state index contributed by atoms with van der Waals surface area (Å²) in [5.74, 6) is -0.150. The largest absolute Gasteiger partial charge is 0.497 e. The summed E-state index contributed by atoms with van der Waals surface area (Å²) in [6.45, 7) is -0.0753. The van der Waals surface area contributed by atoms with Crippen molar-refractivity contribution in [2.75, 3.05) is 14.2 Å². The van der Waals surface area contributed by atoms with Gasteiger partial charge in [0, 0.05) is 0 Å².